The van der Waals surface area contributed by atoms with Crippen LogP contribution in [0, 0.1) is 0 Å². The maximum absolute atomic E-state index is 13.8. The largest absolute Gasteiger partial charge is 0.493 e. The molecule has 0 N–H and O–H groups in total. The number of rotatable bonds is 8. The standard InChI is InChI=1S/C31H38N4O8/c1-32-20-16-24(38-3)28(42-7)26(40-5)18(20)14-22(32)30(36)34-10-9-11-35(13-12-34)31(37)23-15-19-21(33(23)2)17-25(39-4)29(43-8)27(19)41-6/h14-17H,9-13H2,1-8H3. The first-order valence-electron chi connectivity index (χ1n) is 13.9. The van der Waals surface area contributed by atoms with E-state index in [0.717, 1.165) is 21.8 Å². The number of aryl methyl sites for hydroxylation is 2. The second kappa shape index (κ2) is 11.9. The Labute approximate surface area is 250 Å². The average Bonchev–Trinajstić information content (AvgIpc) is 3.40. The van der Waals surface area contributed by atoms with Gasteiger partial charge in [-0.25, -0.2) is 0 Å². The van der Waals surface area contributed by atoms with Gasteiger partial charge in [0.15, 0.2) is 23.0 Å². The SMILES string of the molecule is COc1cc2c(cc(C(=O)N3CCCN(C(=O)c4cc5c(OC)c(OC)c(OC)cc5n4C)CC3)n2C)c(OC)c1OC. The van der Waals surface area contributed by atoms with Crippen molar-refractivity contribution in [3.05, 3.63) is 35.7 Å². The lowest BCUT2D eigenvalue weighted by Gasteiger charge is -2.22. The molecule has 1 aliphatic heterocycles. The van der Waals surface area contributed by atoms with Gasteiger partial charge < -0.3 is 47.4 Å². The monoisotopic (exact) mass is 594 g/mol. The number of aromatic nitrogens is 2. The van der Waals surface area contributed by atoms with Crippen LogP contribution in [0.5, 0.6) is 34.5 Å². The minimum absolute atomic E-state index is 0.124. The molecule has 1 saturated heterocycles. The lowest BCUT2D eigenvalue weighted by Crippen LogP contribution is -2.38. The second-order valence-corrected chi connectivity index (χ2v) is 10.3. The summed E-state index contributed by atoms with van der Waals surface area (Å²) in [5.41, 5.74) is 2.58. The number of hydrogen-bond acceptors (Lipinski definition) is 8. The molecule has 2 aromatic carbocycles. The summed E-state index contributed by atoms with van der Waals surface area (Å²) in [6.45, 7) is 1.83. The highest BCUT2D eigenvalue weighted by molar-refractivity contribution is 6.03. The summed E-state index contributed by atoms with van der Waals surface area (Å²) in [6, 6.07) is 7.30. The number of hydrogen-bond donors (Lipinski definition) is 0. The molecule has 0 radical (unpaired) electrons. The number of carbonyl (C=O) groups excluding carboxylic acids is 2. The van der Waals surface area contributed by atoms with E-state index in [-0.39, 0.29) is 11.8 Å². The summed E-state index contributed by atoms with van der Waals surface area (Å²) in [5.74, 6) is 2.71. The Hall–Kier alpha value is -4.74. The minimum atomic E-state index is -0.124. The van der Waals surface area contributed by atoms with Crippen molar-refractivity contribution in [3.63, 3.8) is 0 Å². The Bertz CT molecular complexity index is 1580. The molecule has 0 unspecified atom stereocenters. The van der Waals surface area contributed by atoms with E-state index in [4.69, 9.17) is 28.4 Å². The van der Waals surface area contributed by atoms with Crippen molar-refractivity contribution in [2.75, 3.05) is 68.8 Å². The fourth-order valence-electron chi connectivity index (χ4n) is 5.95. The third kappa shape index (κ3) is 4.80. The average molecular weight is 595 g/mol. The number of nitrogens with zero attached hydrogens (tertiary/aromatic N) is 4. The van der Waals surface area contributed by atoms with Gasteiger partial charge in [0, 0.05) is 63.2 Å². The number of fused-ring (bicyclic) bond motifs is 2. The van der Waals surface area contributed by atoms with E-state index in [1.807, 2.05) is 47.5 Å². The van der Waals surface area contributed by atoms with Crippen LogP contribution in [0.1, 0.15) is 27.4 Å². The molecule has 0 saturated carbocycles. The molecule has 0 aliphatic carbocycles. The molecule has 2 amide bonds. The number of ether oxygens (including phenoxy) is 6. The van der Waals surface area contributed by atoms with E-state index in [1.54, 1.807) is 52.5 Å². The lowest BCUT2D eigenvalue weighted by atomic mass is 10.2. The molecule has 1 fully saturated rings. The predicted molar refractivity (Wildman–Crippen MR) is 162 cm³/mol. The van der Waals surface area contributed by atoms with Gasteiger partial charge in [-0.05, 0) is 18.6 Å². The minimum Gasteiger partial charge on any atom is -0.493 e. The van der Waals surface area contributed by atoms with Crippen LogP contribution in [0.15, 0.2) is 24.3 Å². The van der Waals surface area contributed by atoms with Crippen molar-refractivity contribution in [3.8, 4) is 34.5 Å². The van der Waals surface area contributed by atoms with E-state index >= 15 is 0 Å². The molecule has 230 valence electrons. The van der Waals surface area contributed by atoms with Gasteiger partial charge in [-0.1, -0.05) is 0 Å². The van der Waals surface area contributed by atoms with E-state index in [9.17, 15) is 9.59 Å². The van der Waals surface area contributed by atoms with Crippen LogP contribution in [0.4, 0.5) is 0 Å². The molecule has 4 aromatic rings. The fourth-order valence-corrected chi connectivity index (χ4v) is 5.95. The molecule has 43 heavy (non-hydrogen) atoms. The Balaban J connectivity index is 1.41. The highest BCUT2D eigenvalue weighted by atomic mass is 16.5. The first-order valence-corrected chi connectivity index (χ1v) is 13.9. The third-order valence-electron chi connectivity index (χ3n) is 8.21. The Morgan fingerprint density at radius 2 is 0.907 bits per heavy atom. The summed E-state index contributed by atoms with van der Waals surface area (Å²) < 4.78 is 37.0. The first-order chi connectivity index (χ1) is 20.7. The number of methoxy groups -OCH3 is 6. The van der Waals surface area contributed by atoms with Gasteiger partial charge in [0.2, 0.25) is 11.5 Å². The van der Waals surface area contributed by atoms with E-state index in [2.05, 4.69) is 0 Å². The number of benzene rings is 2. The molecule has 1 aliphatic rings. The van der Waals surface area contributed by atoms with Gasteiger partial charge in [-0.2, -0.15) is 0 Å². The van der Waals surface area contributed by atoms with Gasteiger partial charge >= 0.3 is 0 Å². The van der Waals surface area contributed by atoms with Crippen molar-refractivity contribution < 1.29 is 38.0 Å². The quantitative estimate of drug-likeness (QED) is 0.304. The summed E-state index contributed by atoms with van der Waals surface area (Å²) in [4.78, 5) is 31.2. The van der Waals surface area contributed by atoms with Crippen LogP contribution in [-0.4, -0.2) is 99.6 Å². The molecule has 0 spiro atoms. The molecule has 3 heterocycles. The van der Waals surface area contributed by atoms with Gasteiger partial charge in [0.1, 0.15) is 11.4 Å². The smallest absolute Gasteiger partial charge is 0.270 e. The van der Waals surface area contributed by atoms with Gasteiger partial charge in [0.05, 0.1) is 53.7 Å². The van der Waals surface area contributed by atoms with Crippen LogP contribution < -0.4 is 28.4 Å². The highest BCUT2D eigenvalue weighted by Gasteiger charge is 2.29. The molecule has 5 rings (SSSR count). The van der Waals surface area contributed by atoms with Crippen LogP contribution in [0.2, 0.25) is 0 Å². The van der Waals surface area contributed by atoms with Gasteiger partial charge in [0.25, 0.3) is 11.8 Å². The zero-order valence-electron chi connectivity index (χ0n) is 25.9. The Morgan fingerprint density at radius 3 is 1.23 bits per heavy atom. The molecular formula is C31H38N4O8. The van der Waals surface area contributed by atoms with Crippen molar-refractivity contribution in [2.45, 2.75) is 6.42 Å². The van der Waals surface area contributed by atoms with Crippen LogP contribution in [-0.2, 0) is 14.1 Å². The van der Waals surface area contributed by atoms with Crippen molar-refractivity contribution in [2.24, 2.45) is 14.1 Å². The summed E-state index contributed by atoms with van der Waals surface area (Å²) in [5, 5.41) is 1.49. The molecule has 0 atom stereocenters. The van der Waals surface area contributed by atoms with Gasteiger partial charge in [-0.15, -0.1) is 0 Å². The zero-order chi connectivity index (χ0) is 31.0. The van der Waals surface area contributed by atoms with Crippen molar-refractivity contribution in [1.29, 1.82) is 0 Å². The van der Waals surface area contributed by atoms with Crippen molar-refractivity contribution in [1.82, 2.24) is 18.9 Å². The predicted octanol–water partition coefficient (Wildman–Crippen LogP) is 3.71. The highest BCUT2D eigenvalue weighted by Crippen LogP contribution is 2.45. The molecule has 2 aromatic heterocycles. The van der Waals surface area contributed by atoms with Crippen molar-refractivity contribution >= 4 is 33.6 Å². The Morgan fingerprint density at radius 1 is 0.535 bits per heavy atom. The van der Waals surface area contributed by atoms with E-state index < -0.39 is 0 Å². The third-order valence-corrected chi connectivity index (χ3v) is 8.21. The molecular weight excluding hydrogens is 556 g/mol. The Kier molecular flexibility index (Phi) is 8.21. The normalized spacial score (nSPS) is 13.7. The number of carbonyl (C=O) groups is 2. The molecule has 12 nitrogen and oxygen atoms in total. The first kappa shape index (κ1) is 29.7. The van der Waals surface area contributed by atoms with Crippen LogP contribution >= 0.6 is 0 Å². The van der Waals surface area contributed by atoms with Crippen LogP contribution in [0.25, 0.3) is 21.8 Å². The second-order valence-electron chi connectivity index (χ2n) is 10.3. The number of amides is 2. The zero-order valence-corrected chi connectivity index (χ0v) is 25.9. The van der Waals surface area contributed by atoms with E-state index in [1.165, 1.54) is 0 Å². The maximum atomic E-state index is 13.8. The topological polar surface area (TPSA) is 106 Å². The van der Waals surface area contributed by atoms with E-state index in [0.29, 0.717) is 78.5 Å². The molecule has 0 bridgehead atoms. The summed E-state index contributed by atoms with van der Waals surface area (Å²) in [6.07, 6.45) is 0.640. The summed E-state index contributed by atoms with van der Waals surface area (Å²) in [7, 11) is 13.0. The molecule has 12 heteroatoms. The lowest BCUT2D eigenvalue weighted by molar-refractivity contribution is 0.0709. The summed E-state index contributed by atoms with van der Waals surface area (Å²) >= 11 is 0. The maximum Gasteiger partial charge on any atom is 0.270 e. The van der Waals surface area contributed by atoms with Crippen LogP contribution in [0.3, 0.4) is 0 Å². The fraction of sp³-hybridized carbons (Fsp3) is 0.419. The van der Waals surface area contributed by atoms with Gasteiger partial charge in [-0.3, -0.25) is 9.59 Å².